The van der Waals surface area contributed by atoms with Gasteiger partial charge in [-0.15, -0.1) is 0 Å². The highest BCUT2D eigenvalue weighted by Crippen LogP contribution is 2.32. The normalized spacial score (nSPS) is 33.8. The van der Waals surface area contributed by atoms with Gasteiger partial charge in [0, 0.05) is 50.2 Å². The number of aromatic nitrogens is 2. The molecule has 3 heterocycles. The topological polar surface area (TPSA) is 50.3 Å². The van der Waals surface area contributed by atoms with Gasteiger partial charge < -0.3 is 15.2 Å². The molecule has 0 bridgehead atoms. The zero-order valence-electron chi connectivity index (χ0n) is 11.3. The van der Waals surface area contributed by atoms with Crippen LogP contribution in [0.4, 0.5) is 0 Å². The van der Waals surface area contributed by atoms with E-state index in [2.05, 4.69) is 39.5 Å². The Morgan fingerprint density at radius 1 is 1.50 bits per heavy atom. The van der Waals surface area contributed by atoms with Gasteiger partial charge in [-0.2, -0.15) is 0 Å². The average molecular weight is 249 g/mol. The second kappa shape index (κ2) is 4.33. The lowest BCUT2D eigenvalue weighted by Gasteiger charge is -2.42. The Bertz CT molecular complexity index is 417. The highest BCUT2D eigenvalue weighted by molar-refractivity contribution is 5.06. The fourth-order valence-electron chi connectivity index (χ4n) is 3.47. The molecule has 2 unspecified atom stereocenters. The van der Waals surface area contributed by atoms with Crippen LogP contribution >= 0.6 is 0 Å². The van der Waals surface area contributed by atoms with E-state index in [1.165, 1.54) is 12.2 Å². The number of nitrogens with two attached hydrogens (primary N) is 1. The first-order chi connectivity index (χ1) is 8.64. The van der Waals surface area contributed by atoms with Gasteiger partial charge in [-0.05, 0) is 20.4 Å². The van der Waals surface area contributed by atoms with Crippen LogP contribution in [0.15, 0.2) is 12.4 Å². The van der Waals surface area contributed by atoms with Gasteiger partial charge in [-0.25, -0.2) is 4.98 Å². The fourth-order valence-corrected chi connectivity index (χ4v) is 3.47. The Morgan fingerprint density at radius 3 is 3.00 bits per heavy atom. The Balaban J connectivity index is 1.82. The van der Waals surface area contributed by atoms with Crippen LogP contribution < -0.4 is 5.73 Å². The minimum atomic E-state index is 0.144. The number of imidazole rings is 1. The van der Waals surface area contributed by atoms with Gasteiger partial charge in [0.05, 0.1) is 6.54 Å². The highest BCUT2D eigenvalue weighted by atomic mass is 15.3. The van der Waals surface area contributed by atoms with Crippen LogP contribution in [0.5, 0.6) is 0 Å². The first-order valence-corrected chi connectivity index (χ1v) is 6.80. The molecule has 2 N–H and O–H groups in total. The van der Waals surface area contributed by atoms with Gasteiger partial charge in [0.2, 0.25) is 0 Å². The van der Waals surface area contributed by atoms with Crippen LogP contribution in [-0.4, -0.2) is 57.6 Å². The van der Waals surface area contributed by atoms with Crippen LogP contribution in [0.25, 0.3) is 0 Å². The van der Waals surface area contributed by atoms with Crippen LogP contribution in [0.3, 0.4) is 0 Å². The lowest BCUT2D eigenvalue weighted by atomic mass is 9.93. The van der Waals surface area contributed by atoms with Crippen LogP contribution in [-0.2, 0) is 13.1 Å². The third-order valence-electron chi connectivity index (χ3n) is 4.77. The van der Waals surface area contributed by atoms with Gasteiger partial charge in [-0.1, -0.05) is 0 Å². The predicted molar refractivity (Wildman–Crippen MR) is 71.1 cm³/mol. The van der Waals surface area contributed by atoms with Crippen molar-refractivity contribution in [3.63, 3.8) is 0 Å². The SMILES string of the molecule is CC1CC(CN)(N2CCn3ccnc3C2)CN1C. The van der Waals surface area contributed by atoms with E-state index in [4.69, 9.17) is 5.73 Å². The second-order valence-electron chi connectivity index (χ2n) is 5.86. The first-order valence-electron chi connectivity index (χ1n) is 6.80. The van der Waals surface area contributed by atoms with Gasteiger partial charge in [0.25, 0.3) is 0 Å². The Hall–Kier alpha value is -0.910. The lowest BCUT2D eigenvalue weighted by Crippen LogP contribution is -2.57. The molecule has 0 aromatic carbocycles. The summed E-state index contributed by atoms with van der Waals surface area (Å²) in [5.74, 6) is 1.18. The first kappa shape index (κ1) is 12.1. The number of likely N-dealkylation sites (N-methyl/N-ethyl adjacent to an activating group) is 1. The molecule has 3 rings (SSSR count). The number of hydrogen-bond donors (Lipinski definition) is 1. The van der Waals surface area contributed by atoms with E-state index in [0.717, 1.165) is 32.7 Å². The van der Waals surface area contributed by atoms with Crippen molar-refractivity contribution in [2.45, 2.75) is 38.0 Å². The maximum atomic E-state index is 6.12. The number of likely N-dealkylation sites (tertiary alicyclic amines) is 1. The number of hydrogen-bond acceptors (Lipinski definition) is 4. The fraction of sp³-hybridized carbons (Fsp3) is 0.769. The maximum absolute atomic E-state index is 6.12. The molecular formula is C13H23N5. The van der Waals surface area contributed by atoms with Crippen molar-refractivity contribution in [1.82, 2.24) is 19.4 Å². The van der Waals surface area contributed by atoms with E-state index in [9.17, 15) is 0 Å². The summed E-state index contributed by atoms with van der Waals surface area (Å²) in [6.07, 6.45) is 5.14. The molecule has 2 aliphatic rings. The molecule has 5 heteroatoms. The summed E-state index contributed by atoms with van der Waals surface area (Å²) < 4.78 is 2.25. The molecule has 0 spiro atoms. The van der Waals surface area contributed by atoms with E-state index in [0.29, 0.717) is 6.04 Å². The van der Waals surface area contributed by atoms with Gasteiger partial charge in [0.1, 0.15) is 5.82 Å². The van der Waals surface area contributed by atoms with E-state index in [1.54, 1.807) is 0 Å². The quantitative estimate of drug-likeness (QED) is 0.809. The minimum Gasteiger partial charge on any atom is -0.333 e. The Morgan fingerprint density at radius 2 is 2.33 bits per heavy atom. The smallest absolute Gasteiger partial charge is 0.122 e. The minimum absolute atomic E-state index is 0.144. The number of nitrogens with zero attached hydrogens (tertiary/aromatic N) is 4. The Labute approximate surface area is 109 Å². The lowest BCUT2D eigenvalue weighted by molar-refractivity contribution is 0.0704. The number of rotatable bonds is 2. The molecule has 1 aromatic heterocycles. The van der Waals surface area contributed by atoms with Gasteiger partial charge in [0.15, 0.2) is 0 Å². The summed E-state index contributed by atoms with van der Waals surface area (Å²) in [5, 5.41) is 0. The van der Waals surface area contributed by atoms with E-state index < -0.39 is 0 Å². The predicted octanol–water partition coefficient (Wildman–Crippen LogP) is 0.120. The molecule has 1 saturated heterocycles. The third kappa shape index (κ3) is 1.77. The average Bonchev–Trinajstić information content (AvgIpc) is 2.94. The molecule has 18 heavy (non-hydrogen) atoms. The second-order valence-corrected chi connectivity index (χ2v) is 5.86. The largest absolute Gasteiger partial charge is 0.333 e. The summed E-state index contributed by atoms with van der Waals surface area (Å²) in [6, 6.07) is 0.621. The zero-order chi connectivity index (χ0) is 12.8. The van der Waals surface area contributed by atoms with Crippen molar-refractivity contribution in [2.24, 2.45) is 5.73 Å². The Kier molecular flexibility index (Phi) is 2.92. The number of fused-ring (bicyclic) bond motifs is 1. The van der Waals surface area contributed by atoms with Gasteiger partial charge >= 0.3 is 0 Å². The summed E-state index contributed by atoms with van der Waals surface area (Å²) in [7, 11) is 2.20. The molecule has 5 nitrogen and oxygen atoms in total. The van der Waals surface area contributed by atoms with Crippen molar-refractivity contribution < 1.29 is 0 Å². The molecule has 0 aliphatic carbocycles. The highest BCUT2D eigenvalue weighted by Gasteiger charge is 2.45. The molecule has 2 atom stereocenters. The molecule has 2 aliphatic heterocycles. The molecule has 0 amide bonds. The molecule has 1 fully saturated rings. The van der Waals surface area contributed by atoms with Crippen LogP contribution in [0.2, 0.25) is 0 Å². The monoisotopic (exact) mass is 249 g/mol. The van der Waals surface area contributed by atoms with Crippen LogP contribution in [0.1, 0.15) is 19.2 Å². The van der Waals surface area contributed by atoms with E-state index in [1.807, 2.05) is 6.20 Å². The van der Waals surface area contributed by atoms with Crippen molar-refractivity contribution >= 4 is 0 Å². The molecule has 1 aromatic rings. The van der Waals surface area contributed by atoms with Crippen molar-refractivity contribution in [3.8, 4) is 0 Å². The van der Waals surface area contributed by atoms with Crippen molar-refractivity contribution in [1.29, 1.82) is 0 Å². The third-order valence-corrected chi connectivity index (χ3v) is 4.77. The van der Waals surface area contributed by atoms with Crippen LogP contribution in [0, 0.1) is 0 Å². The summed E-state index contributed by atoms with van der Waals surface area (Å²) in [4.78, 5) is 9.42. The molecule has 0 radical (unpaired) electrons. The standard InChI is InChI=1S/C13H23N5/c1-11-7-13(9-14,10-16(11)2)18-6-5-17-4-3-15-12(17)8-18/h3-4,11H,5-10,14H2,1-2H3. The van der Waals surface area contributed by atoms with Gasteiger partial charge in [-0.3, -0.25) is 4.90 Å². The van der Waals surface area contributed by atoms with Crippen molar-refractivity contribution in [3.05, 3.63) is 18.2 Å². The van der Waals surface area contributed by atoms with E-state index >= 15 is 0 Å². The van der Waals surface area contributed by atoms with E-state index in [-0.39, 0.29) is 5.54 Å². The molecule has 0 saturated carbocycles. The summed E-state index contributed by atoms with van der Waals surface area (Å²) in [6.45, 7) is 7.16. The summed E-state index contributed by atoms with van der Waals surface area (Å²) >= 11 is 0. The molecular weight excluding hydrogens is 226 g/mol. The van der Waals surface area contributed by atoms with Crippen molar-refractivity contribution in [2.75, 3.05) is 26.7 Å². The molecule has 100 valence electrons. The maximum Gasteiger partial charge on any atom is 0.122 e. The summed E-state index contributed by atoms with van der Waals surface area (Å²) in [5.41, 5.74) is 6.27. The zero-order valence-corrected chi connectivity index (χ0v) is 11.3.